The first-order chi connectivity index (χ1) is 9.13. The summed E-state index contributed by atoms with van der Waals surface area (Å²) < 4.78 is 25.0. The van der Waals surface area contributed by atoms with Crippen LogP contribution in [0.25, 0.3) is 0 Å². The largest absolute Gasteiger partial charge is 0.299 e. The molecule has 0 aliphatic carbocycles. The lowest BCUT2D eigenvalue weighted by molar-refractivity contribution is -0.122. The lowest BCUT2D eigenvalue weighted by atomic mass is 9.91. The fourth-order valence-corrected chi connectivity index (χ4v) is 5.41. The van der Waals surface area contributed by atoms with Crippen molar-refractivity contribution in [2.75, 3.05) is 0 Å². The number of carbonyl (C=O) groups excluding carboxylic acids is 1. The zero-order valence-electron chi connectivity index (χ0n) is 10.7. The van der Waals surface area contributed by atoms with Gasteiger partial charge in [-0.25, -0.2) is 4.39 Å². The number of Topliss-reactive ketones (excluding diaryl/α,β-unsaturated/α-hetero) is 1. The molecule has 2 nitrogen and oxygen atoms in total. The minimum Gasteiger partial charge on any atom is -0.299 e. The van der Waals surface area contributed by atoms with Gasteiger partial charge in [-0.15, -0.1) is 0 Å². The van der Waals surface area contributed by atoms with Gasteiger partial charge in [0.1, 0.15) is 11.6 Å². The van der Waals surface area contributed by atoms with Gasteiger partial charge in [-0.1, -0.05) is 12.1 Å². The molecule has 2 unspecified atom stereocenters. The van der Waals surface area contributed by atoms with Crippen LogP contribution < -0.4 is 0 Å². The van der Waals surface area contributed by atoms with Gasteiger partial charge in [0, 0.05) is 33.6 Å². The van der Waals surface area contributed by atoms with Gasteiger partial charge >= 0.3 is 0 Å². The predicted octanol–water partition coefficient (Wildman–Crippen LogP) is 2.63. The summed E-state index contributed by atoms with van der Waals surface area (Å²) in [6, 6.07) is 6.24. The Morgan fingerprint density at radius 3 is 2.58 bits per heavy atom. The van der Waals surface area contributed by atoms with Crippen LogP contribution in [0.4, 0.5) is 4.39 Å². The van der Waals surface area contributed by atoms with Crippen molar-refractivity contribution in [1.29, 1.82) is 0 Å². The lowest BCUT2D eigenvalue weighted by Crippen LogP contribution is -2.32. The van der Waals surface area contributed by atoms with E-state index in [9.17, 15) is 13.4 Å². The lowest BCUT2D eigenvalue weighted by Gasteiger charge is -2.26. The normalized spacial score (nSPS) is 33.3. The maximum atomic E-state index is 13.1. The van der Waals surface area contributed by atoms with Crippen LogP contribution in [0.1, 0.15) is 31.2 Å². The molecule has 0 aromatic heterocycles. The quantitative estimate of drug-likeness (QED) is 0.853. The minimum atomic E-state index is -0.718. The van der Waals surface area contributed by atoms with E-state index in [1.807, 2.05) is 0 Å². The summed E-state index contributed by atoms with van der Waals surface area (Å²) in [6.45, 7) is 0. The van der Waals surface area contributed by atoms with Crippen molar-refractivity contribution in [3.05, 3.63) is 35.6 Å². The van der Waals surface area contributed by atoms with Crippen LogP contribution in [0.3, 0.4) is 0 Å². The van der Waals surface area contributed by atoms with Crippen LogP contribution in [-0.2, 0) is 22.0 Å². The van der Waals surface area contributed by atoms with Crippen molar-refractivity contribution >= 4 is 16.6 Å². The first kappa shape index (κ1) is 13.0. The molecule has 2 aliphatic rings. The van der Waals surface area contributed by atoms with E-state index in [0.29, 0.717) is 6.42 Å². The first-order valence-corrected chi connectivity index (χ1v) is 8.07. The smallest absolute Gasteiger partial charge is 0.140 e. The average Bonchev–Trinajstić information content (AvgIpc) is 2.62. The van der Waals surface area contributed by atoms with Gasteiger partial charge in [-0.3, -0.25) is 9.00 Å². The van der Waals surface area contributed by atoms with Crippen molar-refractivity contribution in [2.45, 2.75) is 42.6 Å². The standard InChI is InChI=1S/C15H17FO2S/c16-12-3-1-2-10(6-12)7-15(17)11-8-13-4-5-14(9-11)19(13)18/h1-3,6,11,13-14H,4-5,7-9H2. The Bertz CT molecular complexity index is 513. The second-order valence-corrected chi connectivity index (χ2v) is 7.58. The molecule has 0 N–H and O–H groups in total. The third kappa shape index (κ3) is 2.64. The van der Waals surface area contributed by atoms with E-state index in [1.54, 1.807) is 12.1 Å². The SMILES string of the molecule is O=C(Cc1cccc(F)c1)C1CC2CCC(C1)S2=O. The van der Waals surface area contributed by atoms with E-state index < -0.39 is 10.8 Å². The molecule has 2 saturated heterocycles. The summed E-state index contributed by atoms with van der Waals surface area (Å²) in [5.74, 6) is -0.0900. The third-order valence-corrected chi connectivity index (χ3v) is 6.46. The van der Waals surface area contributed by atoms with E-state index in [-0.39, 0.29) is 28.0 Å². The Morgan fingerprint density at radius 1 is 1.26 bits per heavy atom. The highest BCUT2D eigenvalue weighted by molar-refractivity contribution is 7.86. The van der Waals surface area contributed by atoms with Crippen molar-refractivity contribution in [3.63, 3.8) is 0 Å². The molecule has 0 radical (unpaired) electrons. The number of ketones is 1. The van der Waals surface area contributed by atoms with E-state index in [2.05, 4.69) is 0 Å². The highest BCUT2D eigenvalue weighted by Crippen LogP contribution is 2.39. The third-order valence-electron chi connectivity index (χ3n) is 4.29. The first-order valence-electron chi connectivity index (χ1n) is 6.80. The Kier molecular flexibility index (Phi) is 3.52. The molecule has 4 heteroatoms. The molecule has 2 bridgehead atoms. The second-order valence-electron chi connectivity index (χ2n) is 5.59. The summed E-state index contributed by atoms with van der Waals surface area (Å²) in [7, 11) is -0.718. The zero-order valence-corrected chi connectivity index (χ0v) is 11.5. The van der Waals surface area contributed by atoms with Crippen molar-refractivity contribution < 1.29 is 13.4 Å². The van der Waals surface area contributed by atoms with Gasteiger partial charge in [0.2, 0.25) is 0 Å². The number of halogens is 1. The van der Waals surface area contributed by atoms with Gasteiger partial charge in [0.15, 0.2) is 0 Å². The Balaban J connectivity index is 1.67. The van der Waals surface area contributed by atoms with Crippen LogP contribution in [0.5, 0.6) is 0 Å². The number of fused-ring (bicyclic) bond motifs is 2. The molecular weight excluding hydrogens is 263 g/mol. The fraction of sp³-hybridized carbons (Fsp3) is 0.533. The topological polar surface area (TPSA) is 34.1 Å². The summed E-state index contributed by atoms with van der Waals surface area (Å²) in [6.07, 6.45) is 3.82. The van der Waals surface area contributed by atoms with Gasteiger partial charge in [0.05, 0.1) is 0 Å². The predicted molar refractivity (Wildman–Crippen MR) is 72.8 cm³/mol. The summed E-state index contributed by atoms with van der Waals surface area (Å²) in [4.78, 5) is 12.3. The molecule has 2 aliphatic heterocycles. The van der Waals surface area contributed by atoms with E-state index in [4.69, 9.17) is 0 Å². The molecular formula is C15H17FO2S. The average molecular weight is 280 g/mol. The van der Waals surface area contributed by atoms with Gasteiger partial charge < -0.3 is 0 Å². The molecule has 3 rings (SSSR count). The number of rotatable bonds is 3. The Labute approximate surface area is 114 Å². The highest BCUT2D eigenvalue weighted by Gasteiger charge is 2.42. The Hall–Kier alpha value is -1.03. The van der Waals surface area contributed by atoms with Crippen LogP contribution in [0.15, 0.2) is 24.3 Å². The van der Waals surface area contributed by atoms with Crippen molar-refractivity contribution in [1.82, 2.24) is 0 Å². The maximum Gasteiger partial charge on any atom is 0.140 e. The summed E-state index contributed by atoms with van der Waals surface area (Å²) >= 11 is 0. The van der Waals surface area contributed by atoms with E-state index in [1.165, 1.54) is 12.1 Å². The van der Waals surface area contributed by atoms with Crippen LogP contribution in [-0.4, -0.2) is 20.5 Å². The highest BCUT2D eigenvalue weighted by atomic mass is 32.2. The molecule has 2 atom stereocenters. The molecule has 0 saturated carbocycles. The zero-order chi connectivity index (χ0) is 13.4. The summed E-state index contributed by atoms with van der Waals surface area (Å²) in [5, 5.41) is 0.445. The van der Waals surface area contributed by atoms with E-state index >= 15 is 0 Å². The Morgan fingerprint density at radius 2 is 1.95 bits per heavy atom. The maximum absolute atomic E-state index is 13.1. The fourth-order valence-electron chi connectivity index (χ4n) is 3.29. The second kappa shape index (κ2) is 5.16. The van der Waals surface area contributed by atoms with Crippen LogP contribution >= 0.6 is 0 Å². The van der Waals surface area contributed by atoms with Crippen molar-refractivity contribution in [3.8, 4) is 0 Å². The number of carbonyl (C=O) groups is 1. The van der Waals surface area contributed by atoms with Gasteiger partial charge in [-0.05, 0) is 43.4 Å². The number of hydrogen-bond donors (Lipinski definition) is 0. The van der Waals surface area contributed by atoms with E-state index in [0.717, 1.165) is 31.2 Å². The summed E-state index contributed by atoms with van der Waals surface area (Å²) in [5.41, 5.74) is 0.740. The number of hydrogen-bond acceptors (Lipinski definition) is 2. The van der Waals surface area contributed by atoms with Gasteiger partial charge in [0.25, 0.3) is 0 Å². The van der Waals surface area contributed by atoms with Crippen LogP contribution in [0, 0.1) is 11.7 Å². The molecule has 19 heavy (non-hydrogen) atoms. The van der Waals surface area contributed by atoms with Crippen molar-refractivity contribution in [2.24, 2.45) is 5.92 Å². The monoisotopic (exact) mass is 280 g/mol. The molecule has 2 heterocycles. The molecule has 102 valence electrons. The number of benzene rings is 1. The molecule has 0 amide bonds. The molecule has 1 aromatic carbocycles. The molecule has 1 aromatic rings. The van der Waals surface area contributed by atoms with Gasteiger partial charge in [-0.2, -0.15) is 0 Å². The van der Waals surface area contributed by atoms with Crippen LogP contribution in [0.2, 0.25) is 0 Å². The molecule has 0 spiro atoms. The molecule has 2 fully saturated rings. The minimum absolute atomic E-state index is 0.0264.